The molecule has 1 saturated heterocycles. The standard InChI is InChI=1S/C13H14BrIN2O2/c1-13(2)12(19)16-5-6-17(13)11(18)9-7-8(15)3-4-10(9)14/h3-4,7H,5-6H2,1-2H3,(H,16,19). The summed E-state index contributed by atoms with van der Waals surface area (Å²) in [5.41, 5.74) is -0.231. The van der Waals surface area contributed by atoms with E-state index in [1.807, 2.05) is 18.2 Å². The molecule has 19 heavy (non-hydrogen) atoms. The smallest absolute Gasteiger partial charge is 0.255 e. The minimum absolute atomic E-state index is 0.117. The SMILES string of the molecule is CC1(C)C(=O)NCCN1C(=O)c1cc(I)ccc1Br. The van der Waals surface area contributed by atoms with Crippen molar-refractivity contribution in [3.8, 4) is 0 Å². The summed E-state index contributed by atoms with van der Waals surface area (Å²) in [6.45, 7) is 4.55. The van der Waals surface area contributed by atoms with E-state index < -0.39 is 5.54 Å². The van der Waals surface area contributed by atoms with E-state index >= 15 is 0 Å². The summed E-state index contributed by atoms with van der Waals surface area (Å²) in [5.74, 6) is -0.237. The van der Waals surface area contributed by atoms with Gasteiger partial charge in [-0.15, -0.1) is 0 Å². The van der Waals surface area contributed by atoms with Crippen molar-refractivity contribution in [2.45, 2.75) is 19.4 Å². The monoisotopic (exact) mass is 436 g/mol. The Hall–Kier alpha value is -0.630. The number of hydrogen-bond donors (Lipinski definition) is 1. The quantitative estimate of drug-likeness (QED) is 0.687. The van der Waals surface area contributed by atoms with Gasteiger partial charge in [-0.25, -0.2) is 0 Å². The second-order valence-electron chi connectivity index (χ2n) is 4.90. The van der Waals surface area contributed by atoms with Crippen LogP contribution in [-0.4, -0.2) is 35.3 Å². The number of piperazine rings is 1. The first-order valence-corrected chi connectivity index (χ1v) is 7.76. The summed E-state index contributed by atoms with van der Waals surface area (Å²) >= 11 is 5.57. The van der Waals surface area contributed by atoms with Crippen LogP contribution in [0.15, 0.2) is 22.7 Å². The van der Waals surface area contributed by atoms with Gasteiger partial charge in [0.1, 0.15) is 5.54 Å². The molecule has 0 aliphatic carbocycles. The van der Waals surface area contributed by atoms with Crippen molar-refractivity contribution in [2.24, 2.45) is 0 Å². The Bertz CT molecular complexity index is 545. The predicted octanol–water partition coefficient (Wildman–Crippen LogP) is 2.40. The molecule has 0 saturated carbocycles. The number of halogens is 2. The molecule has 1 fully saturated rings. The zero-order valence-corrected chi connectivity index (χ0v) is 14.4. The van der Waals surface area contributed by atoms with Gasteiger partial charge < -0.3 is 10.2 Å². The van der Waals surface area contributed by atoms with Gasteiger partial charge in [0.2, 0.25) is 5.91 Å². The Morgan fingerprint density at radius 3 is 2.84 bits per heavy atom. The summed E-state index contributed by atoms with van der Waals surface area (Å²) in [6.07, 6.45) is 0. The molecule has 6 heteroatoms. The van der Waals surface area contributed by atoms with Crippen molar-refractivity contribution < 1.29 is 9.59 Å². The van der Waals surface area contributed by atoms with Gasteiger partial charge in [0.25, 0.3) is 5.91 Å². The van der Waals surface area contributed by atoms with Crippen molar-refractivity contribution >= 4 is 50.3 Å². The van der Waals surface area contributed by atoms with Gasteiger partial charge in [-0.1, -0.05) is 0 Å². The van der Waals surface area contributed by atoms with E-state index in [2.05, 4.69) is 43.8 Å². The van der Waals surface area contributed by atoms with Gasteiger partial charge in [-0.2, -0.15) is 0 Å². The molecule has 0 atom stereocenters. The summed E-state index contributed by atoms with van der Waals surface area (Å²) in [7, 11) is 0. The van der Waals surface area contributed by atoms with Crippen LogP contribution in [-0.2, 0) is 4.79 Å². The van der Waals surface area contributed by atoms with Crippen molar-refractivity contribution in [2.75, 3.05) is 13.1 Å². The zero-order valence-electron chi connectivity index (χ0n) is 10.7. The van der Waals surface area contributed by atoms with Gasteiger partial charge in [0.05, 0.1) is 5.56 Å². The Kier molecular flexibility index (Phi) is 4.20. The Balaban J connectivity index is 2.38. The highest BCUT2D eigenvalue weighted by Crippen LogP contribution is 2.25. The Labute approximate surface area is 134 Å². The van der Waals surface area contributed by atoms with E-state index in [1.54, 1.807) is 18.7 Å². The van der Waals surface area contributed by atoms with E-state index in [0.717, 1.165) is 8.04 Å². The molecule has 102 valence electrons. The molecule has 0 unspecified atom stereocenters. The van der Waals surface area contributed by atoms with E-state index in [0.29, 0.717) is 18.7 Å². The zero-order chi connectivity index (χ0) is 14.2. The fourth-order valence-corrected chi connectivity index (χ4v) is 2.97. The highest BCUT2D eigenvalue weighted by atomic mass is 127. The average Bonchev–Trinajstić information content (AvgIpc) is 2.35. The first-order chi connectivity index (χ1) is 8.84. The van der Waals surface area contributed by atoms with Crippen LogP contribution in [0.2, 0.25) is 0 Å². The normalized spacial score (nSPS) is 18.1. The molecule has 0 bridgehead atoms. The largest absolute Gasteiger partial charge is 0.352 e. The third-order valence-corrected chi connectivity index (χ3v) is 4.62. The Morgan fingerprint density at radius 1 is 1.47 bits per heavy atom. The second-order valence-corrected chi connectivity index (χ2v) is 7.00. The van der Waals surface area contributed by atoms with Gasteiger partial charge in [-0.3, -0.25) is 9.59 Å². The minimum Gasteiger partial charge on any atom is -0.352 e. The topological polar surface area (TPSA) is 49.4 Å². The van der Waals surface area contributed by atoms with Crippen molar-refractivity contribution in [1.29, 1.82) is 0 Å². The van der Waals surface area contributed by atoms with Crippen LogP contribution >= 0.6 is 38.5 Å². The van der Waals surface area contributed by atoms with E-state index in [9.17, 15) is 9.59 Å². The number of nitrogens with one attached hydrogen (secondary N) is 1. The van der Waals surface area contributed by atoms with Crippen LogP contribution < -0.4 is 5.32 Å². The average molecular weight is 437 g/mol. The van der Waals surface area contributed by atoms with Crippen LogP contribution in [0.1, 0.15) is 24.2 Å². The molecule has 2 rings (SSSR count). The molecule has 4 nitrogen and oxygen atoms in total. The maximum Gasteiger partial charge on any atom is 0.255 e. The van der Waals surface area contributed by atoms with Gasteiger partial charge in [0, 0.05) is 21.1 Å². The molecule has 1 heterocycles. The molecular weight excluding hydrogens is 423 g/mol. The van der Waals surface area contributed by atoms with Crippen LogP contribution in [0, 0.1) is 3.57 Å². The maximum absolute atomic E-state index is 12.6. The first kappa shape index (κ1) is 14.8. The molecular formula is C13H14BrIN2O2. The van der Waals surface area contributed by atoms with Gasteiger partial charge in [0.15, 0.2) is 0 Å². The molecule has 1 aliphatic rings. The molecule has 0 radical (unpaired) electrons. The summed E-state index contributed by atoms with van der Waals surface area (Å²) in [4.78, 5) is 26.2. The fraction of sp³-hybridized carbons (Fsp3) is 0.385. The maximum atomic E-state index is 12.6. The highest BCUT2D eigenvalue weighted by Gasteiger charge is 2.41. The van der Waals surface area contributed by atoms with Crippen molar-refractivity contribution in [3.63, 3.8) is 0 Å². The number of nitrogens with zero attached hydrogens (tertiary/aromatic N) is 1. The number of carbonyl (C=O) groups excluding carboxylic acids is 2. The molecule has 1 aromatic rings. The van der Waals surface area contributed by atoms with Crippen LogP contribution in [0.25, 0.3) is 0 Å². The van der Waals surface area contributed by atoms with Crippen LogP contribution in [0.5, 0.6) is 0 Å². The summed E-state index contributed by atoms with van der Waals surface area (Å²) < 4.78 is 1.74. The molecule has 1 aliphatic heterocycles. The molecule has 0 aromatic heterocycles. The number of amides is 2. The lowest BCUT2D eigenvalue weighted by Gasteiger charge is -2.41. The predicted molar refractivity (Wildman–Crippen MR) is 85.0 cm³/mol. The lowest BCUT2D eigenvalue weighted by atomic mass is 9.97. The van der Waals surface area contributed by atoms with E-state index in [-0.39, 0.29) is 11.8 Å². The highest BCUT2D eigenvalue weighted by molar-refractivity contribution is 14.1. The van der Waals surface area contributed by atoms with Crippen LogP contribution in [0.4, 0.5) is 0 Å². The number of benzene rings is 1. The first-order valence-electron chi connectivity index (χ1n) is 5.89. The summed E-state index contributed by atoms with van der Waals surface area (Å²) in [6, 6.07) is 5.61. The minimum atomic E-state index is -0.823. The van der Waals surface area contributed by atoms with Gasteiger partial charge >= 0.3 is 0 Å². The number of carbonyl (C=O) groups is 2. The summed E-state index contributed by atoms with van der Waals surface area (Å²) in [5, 5.41) is 2.79. The third-order valence-electron chi connectivity index (χ3n) is 3.26. The fourth-order valence-electron chi connectivity index (χ4n) is 2.06. The molecule has 1 N–H and O–H groups in total. The Morgan fingerprint density at radius 2 is 2.16 bits per heavy atom. The van der Waals surface area contributed by atoms with E-state index in [1.165, 1.54) is 0 Å². The molecule has 1 aromatic carbocycles. The molecule has 0 spiro atoms. The molecule has 2 amide bonds. The second kappa shape index (κ2) is 5.40. The number of hydrogen-bond acceptors (Lipinski definition) is 2. The lowest BCUT2D eigenvalue weighted by molar-refractivity contribution is -0.133. The van der Waals surface area contributed by atoms with Crippen molar-refractivity contribution in [3.05, 3.63) is 31.8 Å². The van der Waals surface area contributed by atoms with Gasteiger partial charge in [-0.05, 0) is 70.6 Å². The number of rotatable bonds is 1. The lowest BCUT2D eigenvalue weighted by Crippen LogP contribution is -2.63. The van der Waals surface area contributed by atoms with Crippen LogP contribution in [0.3, 0.4) is 0 Å². The van der Waals surface area contributed by atoms with Crippen molar-refractivity contribution in [1.82, 2.24) is 10.2 Å². The van der Waals surface area contributed by atoms with E-state index in [4.69, 9.17) is 0 Å². The third kappa shape index (κ3) is 2.79.